The predicted molar refractivity (Wildman–Crippen MR) is 65.4 cm³/mol. The van der Waals surface area contributed by atoms with E-state index in [1.165, 1.54) is 6.20 Å². The number of pyridine rings is 1. The summed E-state index contributed by atoms with van der Waals surface area (Å²) in [5, 5.41) is 4.03. The Morgan fingerprint density at radius 2 is 2.24 bits per heavy atom. The van der Waals surface area contributed by atoms with E-state index in [1.54, 1.807) is 16.9 Å². The highest BCUT2D eigenvalue weighted by molar-refractivity contribution is 6.17. The number of hydrogen-bond acceptors (Lipinski definition) is 2. The van der Waals surface area contributed by atoms with E-state index in [4.69, 9.17) is 11.6 Å². The van der Waals surface area contributed by atoms with Crippen LogP contribution >= 0.6 is 11.6 Å². The number of hydrogen-bond donors (Lipinski definition) is 0. The van der Waals surface area contributed by atoms with E-state index in [2.05, 4.69) is 10.1 Å². The number of rotatable bonds is 3. The van der Waals surface area contributed by atoms with Gasteiger partial charge in [0.15, 0.2) is 5.82 Å². The van der Waals surface area contributed by atoms with Crippen LogP contribution in [0.15, 0.2) is 24.5 Å². The van der Waals surface area contributed by atoms with Crippen molar-refractivity contribution in [3.05, 3.63) is 35.9 Å². The average Bonchev–Trinajstić information content (AvgIpc) is 2.71. The van der Waals surface area contributed by atoms with Gasteiger partial charge >= 0.3 is 0 Å². The minimum atomic E-state index is -0.372. The van der Waals surface area contributed by atoms with Crippen molar-refractivity contribution in [2.24, 2.45) is 0 Å². The zero-order valence-electron chi connectivity index (χ0n) is 9.69. The summed E-state index contributed by atoms with van der Waals surface area (Å²) in [4.78, 5) is 4.21. The second-order valence-electron chi connectivity index (χ2n) is 4.02. The van der Waals surface area contributed by atoms with Gasteiger partial charge in [-0.1, -0.05) is 6.07 Å². The van der Waals surface area contributed by atoms with E-state index in [-0.39, 0.29) is 11.9 Å². The molecular formula is C12H13ClFN3. The Balaban J connectivity index is 2.63. The van der Waals surface area contributed by atoms with Gasteiger partial charge in [-0.25, -0.2) is 4.39 Å². The molecule has 0 aliphatic carbocycles. The molecule has 0 unspecified atom stereocenters. The summed E-state index contributed by atoms with van der Waals surface area (Å²) in [6, 6.07) is 3.70. The van der Waals surface area contributed by atoms with Gasteiger partial charge < -0.3 is 0 Å². The normalized spacial score (nSPS) is 11.1. The lowest BCUT2D eigenvalue weighted by atomic mass is 10.1. The van der Waals surface area contributed by atoms with Crippen LogP contribution in [-0.2, 0) is 5.88 Å². The SMILES string of the molecule is CC(C)n1ncc(F)c1-c1ncccc1CCl. The summed E-state index contributed by atoms with van der Waals surface area (Å²) in [7, 11) is 0. The van der Waals surface area contributed by atoms with Gasteiger partial charge in [0.2, 0.25) is 0 Å². The summed E-state index contributed by atoms with van der Waals surface area (Å²) in [5.41, 5.74) is 1.76. The van der Waals surface area contributed by atoms with Gasteiger partial charge in [0.25, 0.3) is 0 Å². The molecule has 5 heteroatoms. The maximum absolute atomic E-state index is 13.8. The minimum Gasteiger partial charge on any atom is -0.258 e. The maximum atomic E-state index is 13.8. The second-order valence-corrected chi connectivity index (χ2v) is 4.29. The van der Waals surface area contributed by atoms with Gasteiger partial charge in [-0.05, 0) is 25.5 Å². The molecule has 0 bridgehead atoms. The average molecular weight is 254 g/mol. The van der Waals surface area contributed by atoms with Crippen molar-refractivity contribution >= 4 is 11.6 Å². The molecule has 0 saturated carbocycles. The highest BCUT2D eigenvalue weighted by Crippen LogP contribution is 2.27. The second kappa shape index (κ2) is 4.84. The van der Waals surface area contributed by atoms with Crippen LogP contribution in [0.2, 0.25) is 0 Å². The van der Waals surface area contributed by atoms with Crippen molar-refractivity contribution in [3.8, 4) is 11.4 Å². The molecule has 0 N–H and O–H groups in total. The lowest BCUT2D eigenvalue weighted by molar-refractivity contribution is 0.533. The van der Waals surface area contributed by atoms with Gasteiger partial charge in [0.1, 0.15) is 5.69 Å². The smallest absolute Gasteiger partial charge is 0.170 e. The van der Waals surface area contributed by atoms with E-state index >= 15 is 0 Å². The van der Waals surface area contributed by atoms with Crippen molar-refractivity contribution in [1.29, 1.82) is 0 Å². The molecule has 0 saturated heterocycles. The minimum absolute atomic E-state index is 0.0691. The molecule has 2 rings (SSSR count). The number of alkyl halides is 1. The van der Waals surface area contributed by atoms with Gasteiger partial charge in [-0.2, -0.15) is 5.10 Å². The Morgan fingerprint density at radius 1 is 1.47 bits per heavy atom. The first-order valence-electron chi connectivity index (χ1n) is 5.38. The quantitative estimate of drug-likeness (QED) is 0.785. The Morgan fingerprint density at radius 3 is 2.88 bits per heavy atom. The summed E-state index contributed by atoms with van der Waals surface area (Å²) in [6.45, 7) is 3.89. The van der Waals surface area contributed by atoms with Crippen LogP contribution < -0.4 is 0 Å². The largest absolute Gasteiger partial charge is 0.258 e. The third-order valence-corrected chi connectivity index (χ3v) is 2.79. The summed E-state index contributed by atoms with van der Waals surface area (Å²) >= 11 is 5.84. The van der Waals surface area contributed by atoms with Crippen LogP contribution in [0.1, 0.15) is 25.5 Å². The number of nitrogens with zero attached hydrogens (tertiary/aromatic N) is 3. The lowest BCUT2D eigenvalue weighted by Gasteiger charge is -2.12. The van der Waals surface area contributed by atoms with Crippen LogP contribution in [-0.4, -0.2) is 14.8 Å². The number of halogens is 2. The fourth-order valence-electron chi connectivity index (χ4n) is 1.71. The van der Waals surface area contributed by atoms with Crippen LogP contribution in [0.3, 0.4) is 0 Å². The van der Waals surface area contributed by atoms with Crippen LogP contribution in [0.4, 0.5) is 4.39 Å². The van der Waals surface area contributed by atoms with Crippen molar-refractivity contribution in [2.75, 3.05) is 0 Å². The number of aromatic nitrogens is 3. The van der Waals surface area contributed by atoms with Crippen molar-refractivity contribution < 1.29 is 4.39 Å². The predicted octanol–water partition coefficient (Wildman–Crippen LogP) is 3.40. The van der Waals surface area contributed by atoms with Crippen LogP contribution in [0.5, 0.6) is 0 Å². The molecule has 0 fully saturated rings. The zero-order valence-corrected chi connectivity index (χ0v) is 10.4. The van der Waals surface area contributed by atoms with E-state index in [1.807, 2.05) is 19.9 Å². The molecule has 0 radical (unpaired) electrons. The molecule has 0 aliphatic rings. The van der Waals surface area contributed by atoms with Crippen molar-refractivity contribution in [3.63, 3.8) is 0 Å². The third kappa shape index (κ3) is 2.17. The molecule has 3 nitrogen and oxygen atoms in total. The van der Waals surface area contributed by atoms with Crippen LogP contribution in [0, 0.1) is 5.82 Å². The molecule has 2 heterocycles. The van der Waals surface area contributed by atoms with Gasteiger partial charge in [-0.3, -0.25) is 9.67 Å². The Hall–Kier alpha value is -1.42. The standard InChI is InChI=1S/C12H13ClFN3/c1-8(2)17-12(10(14)7-16-17)11-9(6-13)4-3-5-15-11/h3-5,7-8H,6H2,1-2H3. The van der Waals surface area contributed by atoms with E-state index in [0.29, 0.717) is 17.3 Å². The molecule has 0 spiro atoms. The summed E-state index contributed by atoms with van der Waals surface area (Å²) in [5.74, 6) is -0.0740. The van der Waals surface area contributed by atoms with Gasteiger partial charge in [0.05, 0.1) is 11.9 Å². The highest BCUT2D eigenvalue weighted by Gasteiger charge is 2.18. The summed E-state index contributed by atoms with van der Waals surface area (Å²) < 4.78 is 15.4. The van der Waals surface area contributed by atoms with Gasteiger partial charge in [0, 0.05) is 18.1 Å². The fourth-order valence-corrected chi connectivity index (χ4v) is 1.93. The Labute approximate surface area is 104 Å². The first kappa shape index (κ1) is 12.0. The van der Waals surface area contributed by atoms with E-state index in [9.17, 15) is 4.39 Å². The molecular weight excluding hydrogens is 241 g/mol. The molecule has 0 amide bonds. The molecule has 90 valence electrons. The lowest BCUT2D eigenvalue weighted by Crippen LogP contribution is -2.07. The Kier molecular flexibility index (Phi) is 3.43. The zero-order chi connectivity index (χ0) is 12.4. The molecule has 0 atom stereocenters. The fraction of sp³-hybridized carbons (Fsp3) is 0.333. The van der Waals surface area contributed by atoms with E-state index < -0.39 is 0 Å². The van der Waals surface area contributed by atoms with Crippen molar-refractivity contribution in [2.45, 2.75) is 25.8 Å². The first-order valence-corrected chi connectivity index (χ1v) is 5.91. The molecule has 17 heavy (non-hydrogen) atoms. The van der Waals surface area contributed by atoms with Crippen LogP contribution in [0.25, 0.3) is 11.4 Å². The topological polar surface area (TPSA) is 30.7 Å². The van der Waals surface area contributed by atoms with Crippen molar-refractivity contribution in [1.82, 2.24) is 14.8 Å². The third-order valence-electron chi connectivity index (χ3n) is 2.50. The molecule has 2 aromatic rings. The maximum Gasteiger partial charge on any atom is 0.170 e. The molecule has 2 aromatic heterocycles. The molecule has 0 aromatic carbocycles. The highest BCUT2D eigenvalue weighted by atomic mass is 35.5. The monoisotopic (exact) mass is 253 g/mol. The van der Waals surface area contributed by atoms with Gasteiger partial charge in [-0.15, -0.1) is 11.6 Å². The molecule has 0 aliphatic heterocycles. The Bertz CT molecular complexity index is 522. The van der Waals surface area contributed by atoms with E-state index in [0.717, 1.165) is 5.56 Å². The first-order chi connectivity index (χ1) is 8.15. The summed E-state index contributed by atoms with van der Waals surface area (Å²) in [6.07, 6.45) is 2.84.